The summed E-state index contributed by atoms with van der Waals surface area (Å²) in [5, 5.41) is 0.290. The number of carbonyl (C=O) groups excluding carboxylic acids is 1. The van der Waals surface area contributed by atoms with Gasteiger partial charge < -0.3 is 22.2 Å². The average Bonchev–Trinajstić information content (AvgIpc) is 2.30. The fraction of sp³-hybridized carbons (Fsp3) is 0. The Hall–Kier alpha value is -2.48. The van der Waals surface area contributed by atoms with E-state index >= 15 is 0 Å². The predicted octanol–water partition coefficient (Wildman–Crippen LogP) is 0.184. The molecule has 0 saturated carbocycles. The van der Waals surface area contributed by atoms with E-state index in [2.05, 4.69) is 9.97 Å². The Morgan fingerprint density at radius 2 is 2.05 bits per heavy atom. The molecule has 0 atom stereocenters. The summed E-state index contributed by atoms with van der Waals surface area (Å²) in [6.07, 6.45) is 0. The van der Waals surface area contributed by atoms with Crippen molar-refractivity contribution >= 4 is 29.2 Å². The van der Waals surface area contributed by atoms with Crippen molar-refractivity contribution in [1.82, 2.24) is 9.97 Å². The highest BCUT2D eigenvalue weighted by atomic mass is 32.2. The second-order valence-electron chi connectivity index (χ2n) is 3.66. The van der Waals surface area contributed by atoms with E-state index in [9.17, 15) is 9.59 Å². The molecule has 7 N–H and O–H groups in total. The summed E-state index contributed by atoms with van der Waals surface area (Å²) >= 11 is 1.09. The third-order valence-corrected chi connectivity index (χ3v) is 3.24. The van der Waals surface area contributed by atoms with Crippen LogP contribution in [0.15, 0.2) is 39.1 Å². The second-order valence-corrected chi connectivity index (χ2v) is 4.69. The van der Waals surface area contributed by atoms with Crippen molar-refractivity contribution in [3.8, 4) is 0 Å². The van der Waals surface area contributed by atoms with Gasteiger partial charge >= 0.3 is 0 Å². The van der Waals surface area contributed by atoms with Crippen LogP contribution in [0.5, 0.6) is 0 Å². The largest absolute Gasteiger partial charge is 0.397 e. The zero-order chi connectivity index (χ0) is 14.0. The Morgan fingerprint density at radius 1 is 1.32 bits per heavy atom. The Kier molecular flexibility index (Phi) is 3.43. The molecule has 0 saturated heterocycles. The van der Waals surface area contributed by atoms with Gasteiger partial charge in [0.15, 0.2) is 5.16 Å². The van der Waals surface area contributed by atoms with Crippen molar-refractivity contribution in [2.75, 3.05) is 11.5 Å². The Balaban J connectivity index is 2.41. The minimum Gasteiger partial charge on any atom is -0.397 e. The van der Waals surface area contributed by atoms with Crippen LogP contribution in [0.2, 0.25) is 0 Å². The van der Waals surface area contributed by atoms with Crippen LogP contribution >= 0.6 is 11.8 Å². The Labute approximate surface area is 112 Å². The third-order valence-electron chi connectivity index (χ3n) is 2.28. The molecule has 0 aliphatic carbocycles. The Morgan fingerprint density at radius 3 is 2.68 bits per heavy atom. The first kappa shape index (κ1) is 13.0. The van der Waals surface area contributed by atoms with E-state index < -0.39 is 5.91 Å². The van der Waals surface area contributed by atoms with Gasteiger partial charge in [-0.05, 0) is 23.9 Å². The number of amides is 1. The highest BCUT2D eigenvalue weighted by Gasteiger charge is 2.11. The first-order valence-corrected chi connectivity index (χ1v) is 6.02. The summed E-state index contributed by atoms with van der Waals surface area (Å²) in [4.78, 5) is 29.5. The molecule has 1 aromatic carbocycles. The minimum atomic E-state index is -0.617. The zero-order valence-corrected chi connectivity index (χ0v) is 10.5. The van der Waals surface area contributed by atoms with E-state index in [0.717, 1.165) is 11.8 Å². The normalized spacial score (nSPS) is 10.3. The van der Waals surface area contributed by atoms with E-state index in [-0.39, 0.29) is 22.6 Å². The van der Waals surface area contributed by atoms with E-state index in [1.165, 1.54) is 12.1 Å². The number of para-hydroxylation sites is 1. The summed E-state index contributed by atoms with van der Waals surface area (Å²) in [5.41, 5.74) is 16.6. The smallest absolute Gasteiger partial charge is 0.253 e. The number of nitrogens with two attached hydrogens (primary N) is 3. The summed E-state index contributed by atoms with van der Waals surface area (Å²) in [6, 6.07) is 6.03. The van der Waals surface area contributed by atoms with Crippen LogP contribution in [0, 0.1) is 0 Å². The summed E-state index contributed by atoms with van der Waals surface area (Å²) in [7, 11) is 0. The lowest BCUT2D eigenvalue weighted by molar-refractivity contribution is 0.100. The number of aromatic amines is 1. The van der Waals surface area contributed by atoms with Crippen molar-refractivity contribution < 1.29 is 4.79 Å². The van der Waals surface area contributed by atoms with Gasteiger partial charge in [-0.15, -0.1) is 0 Å². The molecule has 0 bridgehead atoms. The van der Waals surface area contributed by atoms with E-state index in [0.29, 0.717) is 10.1 Å². The molecule has 0 unspecified atom stereocenters. The van der Waals surface area contributed by atoms with Crippen molar-refractivity contribution in [2.24, 2.45) is 5.73 Å². The van der Waals surface area contributed by atoms with Crippen molar-refractivity contribution in [3.63, 3.8) is 0 Å². The topological polar surface area (TPSA) is 141 Å². The van der Waals surface area contributed by atoms with Crippen molar-refractivity contribution in [1.29, 1.82) is 0 Å². The summed E-state index contributed by atoms with van der Waals surface area (Å²) in [6.45, 7) is 0. The highest BCUT2D eigenvalue weighted by Crippen LogP contribution is 2.31. The molecule has 2 aromatic rings. The summed E-state index contributed by atoms with van der Waals surface area (Å²) < 4.78 is 0. The van der Waals surface area contributed by atoms with Gasteiger partial charge in [-0.1, -0.05) is 6.07 Å². The third kappa shape index (κ3) is 2.86. The van der Waals surface area contributed by atoms with Gasteiger partial charge in [-0.25, -0.2) is 4.98 Å². The van der Waals surface area contributed by atoms with E-state index in [4.69, 9.17) is 17.2 Å². The number of hydrogen-bond acceptors (Lipinski definition) is 6. The predicted molar refractivity (Wildman–Crippen MR) is 72.8 cm³/mol. The maximum Gasteiger partial charge on any atom is 0.253 e. The molecular formula is C11H11N5O2S. The molecule has 8 heteroatoms. The molecule has 1 aromatic heterocycles. The van der Waals surface area contributed by atoms with Crippen molar-refractivity contribution in [3.05, 3.63) is 40.2 Å². The maximum atomic E-state index is 11.3. The molecule has 19 heavy (non-hydrogen) atoms. The minimum absolute atomic E-state index is 0.107. The number of primary amides is 1. The number of hydrogen-bond donors (Lipinski definition) is 4. The molecule has 1 amide bonds. The number of nitrogen functional groups attached to an aromatic ring is 2. The molecule has 98 valence electrons. The van der Waals surface area contributed by atoms with Crippen LogP contribution in [0.3, 0.4) is 0 Å². The number of nitrogens with one attached hydrogen (secondary N) is 1. The number of anilines is 2. The second kappa shape index (κ2) is 5.02. The lowest BCUT2D eigenvalue weighted by Crippen LogP contribution is -2.14. The van der Waals surface area contributed by atoms with Crippen LogP contribution in [0.1, 0.15) is 10.4 Å². The number of rotatable bonds is 3. The van der Waals surface area contributed by atoms with Crippen LogP contribution in [0.25, 0.3) is 0 Å². The number of carbonyl (C=O) groups is 1. The van der Waals surface area contributed by atoms with Crippen LogP contribution in [0.4, 0.5) is 11.5 Å². The Bertz CT molecular complexity index is 698. The quantitative estimate of drug-likeness (QED) is 0.466. The molecular weight excluding hydrogens is 266 g/mol. The standard InChI is InChI=1S/C11H11N5O2S/c12-7-4-8(17)16-11(15-7)19-6-3-1-2-5(9(6)13)10(14)18/h1-4H,13H2,(H2,14,18)(H3,12,15,16,17). The molecule has 0 spiro atoms. The molecule has 1 heterocycles. The number of aromatic nitrogens is 2. The van der Waals surface area contributed by atoms with E-state index in [1.54, 1.807) is 12.1 Å². The summed E-state index contributed by atoms with van der Waals surface area (Å²) in [5.74, 6) is -0.509. The monoisotopic (exact) mass is 277 g/mol. The number of benzene rings is 1. The molecule has 0 fully saturated rings. The van der Waals surface area contributed by atoms with Crippen LogP contribution in [-0.4, -0.2) is 15.9 Å². The lowest BCUT2D eigenvalue weighted by Gasteiger charge is -2.07. The number of nitrogens with zero attached hydrogens (tertiary/aromatic N) is 1. The maximum absolute atomic E-state index is 11.3. The van der Waals surface area contributed by atoms with Gasteiger partial charge in [-0.3, -0.25) is 9.59 Å². The van der Waals surface area contributed by atoms with Gasteiger partial charge in [0.25, 0.3) is 11.5 Å². The lowest BCUT2D eigenvalue weighted by atomic mass is 10.2. The zero-order valence-electron chi connectivity index (χ0n) is 9.71. The molecule has 2 rings (SSSR count). The fourth-order valence-electron chi connectivity index (χ4n) is 1.45. The van der Waals surface area contributed by atoms with Gasteiger partial charge in [0.05, 0.1) is 11.3 Å². The van der Waals surface area contributed by atoms with E-state index in [1.807, 2.05) is 0 Å². The molecule has 0 radical (unpaired) electrons. The van der Waals surface area contributed by atoms with Gasteiger partial charge in [-0.2, -0.15) is 0 Å². The van der Waals surface area contributed by atoms with Crippen molar-refractivity contribution in [2.45, 2.75) is 10.1 Å². The molecule has 7 nitrogen and oxygen atoms in total. The van der Waals surface area contributed by atoms with Gasteiger partial charge in [0.2, 0.25) is 0 Å². The first-order chi connectivity index (χ1) is 8.97. The van der Waals surface area contributed by atoms with Gasteiger partial charge in [0.1, 0.15) is 5.82 Å². The SMILES string of the molecule is NC(=O)c1cccc(Sc2nc(N)cc(=O)[nH]2)c1N. The van der Waals surface area contributed by atoms with Crippen LogP contribution in [-0.2, 0) is 0 Å². The average molecular weight is 277 g/mol. The fourth-order valence-corrected chi connectivity index (χ4v) is 2.33. The van der Waals surface area contributed by atoms with Gasteiger partial charge in [0, 0.05) is 11.0 Å². The first-order valence-electron chi connectivity index (χ1n) is 5.20. The molecule has 0 aliphatic rings. The molecule has 0 aliphatic heterocycles. The highest BCUT2D eigenvalue weighted by molar-refractivity contribution is 7.99. The number of H-pyrrole nitrogens is 1. The van der Waals surface area contributed by atoms with Crippen LogP contribution < -0.4 is 22.8 Å².